The van der Waals surface area contributed by atoms with E-state index in [-0.39, 0.29) is 18.3 Å². The van der Waals surface area contributed by atoms with E-state index in [9.17, 15) is 22.4 Å². The standard InChI is InChI=1S/C20H19F4NO2/c1-19(2,12-6-8-13(9-7-12)20(22,23)24)25-18(26)15-10-11-27-17-14(15)4-3-5-16(17)21/h3-9,15H,10-11H2,1-2H3,(H,25,26). The molecule has 1 aliphatic heterocycles. The molecule has 3 nitrogen and oxygen atoms in total. The third kappa shape index (κ3) is 3.91. The summed E-state index contributed by atoms with van der Waals surface area (Å²) in [7, 11) is 0. The van der Waals surface area contributed by atoms with Gasteiger partial charge in [0, 0.05) is 5.56 Å². The maximum Gasteiger partial charge on any atom is 0.416 e. The fourth-order valence-corrected chi connectivity index (χ4v) is 3.20. The quantitative estimate of drug-likeness (QED) is 0.779. The minimum Gasteiger partial charge on any atom is -0.490 e. The van der Waals surface area contributed by atoms with Gasteiger partial charge in [0.1, 0.15) is 0 Å². The van der Waals surface area contributed by atoms with Crippen molar-refractivity contribution in [2.75, 3.05) is 6.61 Å². The number of carbonyl (C=O) groups excluding carboxylic acids is 1. The zero-order valence-corrected chi connectivity index (χ0v) is 14.9. The van der Waals surface area contributed by atoms with Crippen LogP contribution < -0.4 is 10.1 Å². The van der Waals surface area contributed by atoms with Gasteiger partial charge in [-0.15, -0.1) is 0 Å². The summed E-state index contributed by atoms with van der Waals surface area (Å²) in [6, 6.07) is 9.11. The number of rotatable bonds is 3. The number of alkyl halides is 3. The molecule has 144 valence electrons. The van der Waals surface area contributed by atoms with Crippen LogP contribution in [0.25, 0.3) is 0 Å². The molecular weight excluding hydrogens is 362 g/mol. The van der Waals surface area contributed by atoms with Gasteiger partial charge in [0.25, 0.3) is 0 Å². The van der Waals surface area contributed by atoms with Gasteiger partial charge in [-0.1, -0.05) is 24.3 Å². The van der Waals surface area contributed by atoms with E-state index in [1.165, 1.54) is 24.3 Å². The topological polar surface area (TPSA) is 38.3 Å². The average Bonchev–Trinajstić information content (AvgIpc) is 2.60. The maximum absolute atomic E-state index is 13.9. The molecule has 0 radical (unpaired) electrons. The number of fused-ring (bicyclic) bond motifs is 1. The van der Waals surface area contributed by atoms with Crippen molar-refractivity contribution in [1.29, 1.82) is 0 Å². The van der Waals surface area contributed by atoms with E-state index in [1.807, 2.05) is 0 Å². The Morgan fingerprint density at radius 1 is 1.07 bits per heavy atom. The highest BCUT2D eigenvalue weighted by Crippen LogP contribution is 2.37. The summed E-state index contributed by atoms with van der Waals surface area (Å²) in [6.07, 6.45) is -4.02. The second-order valence-corrected chi connectivity index (χ2v) is 7.04. The lowest BCUT2D eigenvalue weighted by molar-refractivity contribution is -0.137. The van der Waals surface area contributed by atoms with Crippen molar-refractivity contribution in [1.82, 2.24) is 5.32 Å². The normalized spacial score (nSPS) is 17.0. The molecule has 0 aromatic heterocycles. The van der Waals surface area contributed by atoms with Gasteiger partial charge in [-0.25, -0.2) is 4.39 Å². The number of ether oxygens (including phenoxy) is 1. The smallest absolute Gasteiger partial charge is 0.416 e. The molecule has 1 unspecified atom stereocenters. The van der Waals surface area contributed by atoms with Crippen LogP contribution in [0.4, 0.5) is 17.6 Å². The zero-order chi connectivity index (χ0) is 19.8. The second kappa shape index (κ2) is 6.87. The van der Waals surface area contributed by atoms with Crippen molar-refractivity contribution in [2.24, 2.45) is 0 Å². The summed E-state index contributed by atoms with van der Waals surface area (Å²) in [4.78, 5) is 12.8. The van der Waals surface area contributed by atoms with Gasteiger partial charge in [-0.2, -0.15) is 13.2 Å². The van der Waals surface area contributed by atoms with E-state index < -0.39 is 29.0 Å². The van der Waals surface area contributed by atoms with Crippen LogP contribution in [-0.2, 0) is 16.5 Å². The second-order valence-electron chi connectivity index (χ2n) is 7.04. The lowest BCUT2D eigenvalue weighted by Crippen LogP contribution is -2.44. The Kier molecular flexibility index (Phi) is 4.88. The molecule has 27 heavy (non-hydrogen) atoms. The monoisotopic (exact) mass is 381 g/mol. The molecule has 1 heterocycles. The summed E-state index contributed by atoms with van der Waals surface area (Å²) in [5.41, 5.74) is -0.632. The SMILES string of the molecule is CC(C)(NC(=O)C1CCOc2c(F)cccc21)c1ccc(C(F)(F)F)cc1. The Balaban J connectivity index is 1.81. The molecule has 1 amide bonds. The number of hydrogen-bond donors (Lipinski definition) is 1. The number of para-hydroxylation sites is 1. The lowest BCUT2D eigenvalue weighted by atomic mass is 9.88. The fourth-order valence-electron chi connectivity index (χ4n) is 3.20. The van der Waals surface area contributed by atoms with Crippen molar-refractivity contribution in [3.63, 3.8) is 0 Å². The Morgan fingerprint density at radius 2 is 1.70 bits per heavy atom. The van der Waals surface area contributed by atoms with E-state index in [1.54, 1.807) is 19.9 Å². The molecule has 0 aliphatic carbocycles. The number of nitrogens with one attached hydrogen (secondary N) is 1. The molecule has 1 atom stereocenters. The van der Waals surface area contributed by atoms with E-state index in [0.29, 0.717) is 17.5 Å². The molecule has 2 aromatic rings. The predicted octanol–water partition coefficient (Wildman–Crippen LogP) is 4.76. The number of amides is 1. The molecule has 0 spiro atoms. The van der Waals surface area contributed by atoms with Gasteiger partial charge in [-0.3, -0.25) is 4.79 Å². The summed E-state index contributed by atoms with van der Waals surface area (Å²) >= 11 is 0. The van der Waals surface area contributed by atoms with Crippen LogP contribution >= 0.6 is 0 Å². The number of halogens is 4. The minimum absolute atomic E-state index is 0.0798. The molecule has 1 aliphatic rings. The molecule has 0 saturated carbocycles. The van der Waals surface area contributed by atoms with E-state index in [4.69, 9.17) is 4.74 Å². The first-order valence-corrected chi connectivity index (χ1v) is 8.50. The predicted molar refractivity (Wildman–Crippen MR) is 91.9 cm³/mol. The fraction of sp³-hybridized carbons (Fsp3) is 0.350. The number of benzene rings is 2. The van der Waals surface area contributed by atoms with Crippen LogP contribution in [0.5, 0.6) is 5.75 Å². The highest BCUT2D eigenvalue weighted by molar-refractivity contribution is 5.85. The molecule has 0 saturated heterocycles. The van der Waals surface area contributed by atoms with Crippen molar-refractivity contribution < 1.29 is 27.1 Å². The molecule has 0 bridgehead atoms. The molecule has 7 heteroatoms. The minimum atomic E-state index is -4.41. The van der Waals surface area contributed by atoms with Gasteiger partial charge < -0.3 is 10.1 Å². The van der Waals surface area contributed by atoms with Crippen LogP contribution in [0.2, 0.25) is 0 Å². The summed E-state index contributed by atoms with van der Waals surface area (Å²) in [6.45, 7) is 3.63. The van der Waals surface area contributed by atoms with Crippen LogP contribution in [0.3, 0.4) is 0 Å². The van der Waals surface area contributed by atoms with Crippen molar-refractivity contribution in [3.8, 4) is 5.75 Å². The Hall–Kier alpha value is -2.57. The molecular formula is C20H19F4NO2. The third-order valence-corrected chi connectivity index (χ3v) is 4.71. The summed E-state index contributed by atoms with van der Waals surface area (Å²) < 4.78 is 57.4. The Morgan fingerprint density at radius 3 is 2.33 bits per heavy atom. The Labute approximate surface area is 154 Å². The van der Waals surface area contributed by atoms with E-state index in [2.05, 4.69) is 5.32 Å². The highest BCUT2D eigenvalue weighted by atomic mass is 19.4. The van der Waals surface area contributed by atoms with Crippen LogP contribution in [0.1, 0.15) is 42.9 Å². The molecule has 0 fully saturated rings. The van der Waals surface area contributed by atoms with Gasteiger partial charge in [0.15, 0.2) is 11.6 Å². The van der Waals surface area contributed by atoms with E-state index >= 15 is 0 Å². The summed E-state index contributed by atoms with van der Waals surface area (Å²) in [5.74, 6) is -1.35. The van der Waals surface area contributed by atoms with Gasteiger partial charge in [0.05, 0.1) is 23.6 Å². The van der Waals surface area contributed by atoms with Gasteiger partial charge >= 0.3 is 6.18 Å². The van der Waals surface area contributed by atoms with Crippen LogP contribution in [0.15, 0.2) is 42.5 Å². The first-order valence-electron chi connectivity index (χ1n) is 8.50. The first-order chi connectivity index (χ1) is 12.6. The molecule has 2 aromatic carbocycles. The largest absolute Gasteiger partial charge is 0.490 e. The van der Waals surface area contributed by atoms with E-state index in [0.717, 1.165) is 12.1 Å². The van der Waals surface area contributed by atoms with Crippen LogP contribution in [-0.4, -0.2) is 12.5 Å². The first kappa shape index (κ1) is 19.2. The average molecular weight is 381 g/mol. The molecule has 1 N–H and O–H groups in total. The number of carbonyl (C=O) groups is 1. The van der Waals surface area contributed by atoms with Gasteiger partial charge in [-0.05, 0) is 44.0 Å². The van der Waals surface area contributed by atoms with Gasteiger partial charge in [0.2, 0.25) is 5.91 Å². The zero-order valence-electron chi connectivity index (χ0n) is 14.9. The third-order valence-electron chi connectivity index (χ3n) is 4.71. The van der Waals surface area contributed by atoms with Crippen molar-refractivity contribution in [3.05, 3.63) is 65.0 Å². The number of hydrogen-bond acceptors (Lipinski definition) is 2. The maximum atomic E-state index is 13.9. The Bertz CT molecular complexity index is 844. The lowest BCUT2D eigenvalue weighted by Gasteiger charge is -2.32. The molecule has 3 rings (SSSR count). The van der Waals surface area contributed by atoms with Crippen LogP contribution in [0, 0.1) is 5.82 Å². The highest BCUT2D eigenvalue weighted by Gasteiger charge is 2.34. The summed E-state index contributed by atoms with van der Waals surface area (Å²) in [5, 5.41) is 2.86. The van der Waals surface area contributed by atoms with Crippen molar-refractivity contribution in [2.45, 2.75) is 37.9 Å². The van der Waals surface area contributed by atoms with Crippen molar-refractivity contribution >= 4 is 5.91 Å².